The molecule has 1 N–H and O–H groups in total. The highest BCUT2D eigenvalue weighted by molar-refractivity contribution is 7.99. The van der Waals surface area contributed by atoms with Gasteiger partial charge in [0.05, 0.1) is 5.56 Å². The quantitative estimate of drug-likeness (QED) is 0.916. The van der Waals surface area contributed by atoms with Gasteiger partial charge in [0.15, 0.2) is 0 Å². The van der Waals surface area contributed by atoms with Crippen molar-refractivity contribution in [2.45, 2.75) is 43.5 Å². The third-order valence-electron chi connectivity index (χ3n) is 3.75. The Morgan fingerprint density at radius 3 is 2.74 bits per heavy atom. The van der Waals surface area contributed by atoms with Crippen LogP contribution in [0.2, 0.25) is 0 Å². The smallest absolute Gasteiger partial charge is 0.140 e. The second kappa shape index (κ2) is 6.93. The Balaban J connectivity index is 1.85. The van der Waals surface area contributed by atoms with Gasteiger partial charge >= 0.3 is 0 Å². The third-order valence-corrected chi connectivity index (χ3v) is 4.89. The molecule has 1 aromatic rings. The van der Waals surface area contributed by atoms with Crippen molar-refractivity contribution in [3.05, 3.63) is 35.1 Å². The van der Waals surface area contributed by atoms with Crippen LogP contribution in [-0.2, 0) is 6.54 Å². The molecule has 1 aromatic carbocycles. The minimum atomic E-state index is -0.438. The highest BCUT2D eigenvalue weighted by Crippen LogP contribution is 2.27. The van der Waals surface area contributed by atoms with Gasteiger partial charge in [0.1, 0.15) is 11.9 Å². The van der Waals surface area contributed by atoms with Gasteiger partial charge in [-0.1, -0.05) is 6.07 Å². The van der Waals surface area contributed by atoms with E-state index in [1.54, 1.807) is 12.1 Å². The monoisotopic (exact) mass is 278 g/mol. The van der Waals surface area contributed by atoms with Crippen molar-refractivity contribution < 1.29 is 4.39 Å². The van der Waals surface area contributed by atoms with Gasteiger partial charge in [0.2, 0.25) is 0 Å². The van der Waals surface area contributed by atoms with E-state index >= 15 is 0 Å². The Labute approximate surface area is 118 Å². The lowest BCUT2D eigenvalue weighted by atomic mass is 9.95. The van der Waals surface area contributed by atoms with E-state index in [1.807, 2.05) is 17.8 Å². The molecular formula is C15H19FN2S. The fraction of sp³-hybridized carbons (Fsp3) is 0.533. The molecule has 0 aliphatic heterocycles. The summed E-state index contributed by atoms with van der Waals surface area (Å²) in [6.07, 6.45) is 7.13. The van der Waals surface area contributed by atoms with E-state index in [0.717, 1.165) is 10.8 Å². The highest BCUT2D eigenvalue weighted by atomic mass is 32.2. The maximum absolute atomic E-state index is 13.2. The first kappa shape index (κ1) is 14.4. The molecule has 0 unspecified atom stereocenters. The first-order valence-corrected chi connectivity index (χ1v) is 7.96. The number of nitrogens with one attached hydrogen (secondary N) is 1. The summed E-state index contributed by atoms with van der Waals surface area (Å²) in [5.41, 5.74) is 1.11. The summed E-state index contributed by atoms with van der Waals surface area (Å²) in [6.45, 7) is 0.712. The molecule has 1 aliphatic rings. The van der Waals surface area contributed by atoms with Crippen LogP contribution in [0.15, 0.2) is 18.2 Å². The lowest BCUT2D eigenvalue weighted by Crippen LogP contribution is -2.33. The highest BCUT2D eigenvalue weighted by Gasteiger charge is 2.19. The van der Waals surface area contributed by atoms with Crippen LogP contribution in [0, 0.1) is 17.1 Å². The zero-order chi connectivity index (χ0) is 13.7. The molecule has 19 heavy (non-hydrogen) atoms. The molecule has 0 saturated heterocycles. The molecule has 102 valence electrons. The van der Waals surface area contributed by atoms with E-state index < -0.39 is 5.82 Å². The van der Waals surface area contributed by atoms with E-state index in [-0.39, 0.29) is 5.56 Å². The van der Waals surface area contributed by atoms with Gasteiger partial charge in [-0.3, -0.25) is 0 Å². The maximum Gasteiger partial charge on any atom is 0.140 e. The number of nitriles is 1. The van der Waals surface area contributed by atoms with Crippen LogP contribution in [0.1, 0.15) is 36.8 Å². The van der Waals surface area contributed by atoms with Gasteiger partial charge in [-0.05, 0) is 49.6 Å². The minimum absolute atomic E-state index is 0.130. The normalized spacial score (nSPS) is 23.0. The number of rotatable bonds is 4. The molecule has 0 bridgehead atoms. The fourth-order valence-electron chi connectivity index (χ4n) is 2.53. The van der Waals surface area contributed by atoms with Crippen LogP contribution in [0.4, 0.5) is 4.39 Å². The Morgan fingerprint density at radius 1 is 1.37 bits per heavy atom. The predicted octanol–water partition coefficient (Wildman–Crippen LogP) is 3.46. The number of thioether (sulfide) groups is 1. The molecule has 1 saturated carbocycles. The molecule has 0 spiro atoms. The van der Waals surface area contributed by atoms with Crippen molar-refractivity contribution in [1.29, 1.82) is 5.26 Å². The molecule has 1 fully saturated rings. The van der Waals surface area contributed by atoms with Gasteiger partial charge in [-0.15, -0.1) is 0 Å². The van der Waals surface area contributed by atoms with Gasteiger partial charge < -0.3 is 5.32 Å². The van der Waals surface area contributed by atoms with Crippen molar-refractivity contribution in [2.75, 3.05) is 6.26 Å². The van der Waals surface area contributed by atoms with Crippen LogP contribution < -0.4 is 5.32 Å². The molecular weight excluding hydrogens is 259 g/mol. The topological polar surface area (TPSA) is 35.8 Å². The molecule has 1 aliphatic carbocycles. The van der Waals surface area contributed by atoms with Crippen molar-refractivity contribution in [3.63, 3.8) is 0 Å². The molecule has 2 rings (SSSR count). The first-order valence-electron chi connectivity index (χ1n) is 6.67. The summed E-state index contributed by atoms with van der Waals surface area (Å²) in [5.74, 6) is -0.438. The Morgan fingerprint density at radius 2 is 2.11 bits per heavy atom. The number of hydrogen-bond donors (Lipinski definition) is 1. The average Bonchev–Trinajstić information content (AvgIpc) is 2.47. The lowest BCUT2D eigenvalue weighted by molar-refractivity contribution is 0.379. The summed E-state index contributed by atoms with van der Waals surface area (Å²) < 4.78 is 13.2. The number of halogens is 1. The molecule has 0 radical (unpaired) electrons. The SMILES string of the molecule is CSC1CCC(NCc2ccc(F)c(C#N)c2)CC1. The molecule has 2 nitrogen and oxygen atoms in total. The van der Waals surface area contributed by atoms with Gasteiger partial charge in [0.25, 0.3) is 0 Å². The molecule has 0 amide bonds. The Hall–Kier alpha value is -1.05. The first-order chi connectivity index (χ1) is 9.22. The molecule has 0 atom stereocenters. The Kier molecular flexibility index (Phi) is 5.24. The summed E-state index contributed by atoms with van der Waals surface area (Å²) in [7, 11) is 0. The Bertz CT molecular complexity index is 462. The van der Waals surface area contributed by atoms with E-state index in [1.165, 1.54) is 31.7 Å². The van der Waals surface area contributed by atoms with Gasteiger partial charge in [0, 0.05) is 17.8 Å². The van der Waals surface area contributed by atoms with Crippen molar-refractivity contribution >= 4 is 11.8 Å². The molecule has 0 aromatic heterocycles. The van der Waals surface area contributed by atoms with Crippen LogP contribution >= 0.6 is 11.8 Å². The number of benzene rings is 1. The van der Waals surface area contributed by atoms with Crippen molar-refractivity contribution in [1.82, 2.24) is 5.32 Å². The minimum Gasteiger partial charge on any atom is -0.310 e. The molecule has 4 heteroatoms. The maximum atomic E-state index is 13.2. The molecule has 0 heterocycles. The van der Waals surface area contributed by atoms with Gasteiger partial charge in [-0.25, -0.2) is 4.39 Å². The fourth-order valence-corrected chi connectivity index (χ4v) is 3.28. The third kappa shape index (κ3) is 3.95. The van der Waals surface area contributed by atoms with Crippen LogP contribution in [0.5, 0.6) is 0 Å². The predicted molar refractivity (Wildman–Crippen MR) is 77.5 cm³/mol. The van der Waals surface area contributed by atoms with E-state index in [0.29, 0.717) is 12.6 Å². The van der Waals surface area contributed by atoms with Crippen molar-refractivity contribution in [2.24, 2.45) is 0 Å². The number of nitrogens with zero attached hydrogens (tertiary/aromatic N) is 1. The largest absolute Gasteiger partial charge is 0.310 e. The van der Waals surface area contributed by atoms with E-state index in [9.17, 15) is 4.39 Å². The zero-order valence-corrected chi connectivity index (χ0v) is 12.0. The lowest BCUT2D eigenvalue weighted by Gasteiger charge is -2.28. The summed E-state index contributed by atoms with van der Waals surface area (Å²) >= 11 is 1.96. The van der Waals surface area contributed by atoms with Crippen LogP contribution in [-0.4, -0.2) is 17.5 Å². The number of hydrogen-bond acceptors (Lipinski definition) is 3. The summed E-state index contributed by atoms with van der Waals surface area (Å²) in [6, 6.07) is 7.19. The van der Waals surface area contributed by atoms with Gasteiger partial charge in [-0.2, -0.15) is 17.0 Å². The summed E-state index contributed by atoms with van der Waals surface area (Å²) in [4.78, 5) is 0. The second-order valence-electron chi connectivity index (χ2n) is 5.02. The van der Waals surface area contributed by atoms with E-state index in [4.69, 9.17) is 5.26 Å². The second-order valence-corrected chi connectivity index (χ2v) is 6.15. The summed E-state index contributed by atoms with van der Waals surface area (Å²) in [5, 5.41) is 13.1. The van der Waals surface area contributed by atoms with Crippen LogP contribution in [0.3, 0.4) is 0 Å². The van der Waals surface area contributed by atoms with Crippen LogP contribution in [0.25, 0.3) is 0 Å². The zero-order valence-electron chi connectivity index (χ0n) is 11.2. The average molecular weight is 278 g/mol. The van der Waals surface area contributed by atoms with E-state index in [2.05, 4.69) is 11.6 Å². The van der Waals surface area contributed by atoms with Crippen molar-refractivity contribution in [3.8, 4) is 6.07 Å². The standard InChI is InChI=1S/C15H19FN2S/c1-19-14-5-3-13(4-6-14)18-10-11-2-7-15(16)12(8-11)9-17/h2,7-8,13-14,18H,3-6,10H2,1H3.